The van der Waals surface area contributed by atoms with Gasteiger partial charge in [0.05, 0.1) is 12.4 Å². The molecule has 1 aliphatic rings. The van der Waals surface area contributed by atoms with Crippen LogP contribution in [0.3, 0.4) is 0 Å². The molecule has 0 amide bonds. The van der Waals surface area contributed by atoms with Crippen molar-refractivity contribution in [2.45, 2.75) is 19.0 Å². The first-order chi connectivity index (χ1) is 8.79. The topological polar surface area (TPSA) is 46.8 Å². The number of pyridine rings is 1. The van der Waals surface area contributed by atoms with E-state index in [9.17, 15) is 4.39 Å². The molecule has 1 aliphatic heterocycles. The Morgan fingerprint density at radius 3 is 3.11 bits per heavy atom. The SMILES string of the molecule is Fc1c(CCl)ccnc1N1CCn2cnnc2C1. The van der Waals surface area contributed by atoms with Crippen molar-refractivity contribution < 1.29 is 4.39 Å². The highest BCUT2D eigenvalue weighted by Crippen LogP contribution is 2.23. The van der Waals surface area contributed by atoms with Gasteiger partial charge >= 0.3 is 0 Å². The van der Waals surface area contributed by atoms with Crippen LogP contribution in [0.4, 0.5) is 10.2 Å². The van der Waals surface area contributed by atoms with E-state index in [2.05, 4.69) is 15.2 Å². The zero-order chi connectivity index (χ0) is 12.5. The second kappa shape index (κ2) is 4.53. The summed E-state index contributed by atoms with van der Waals surface area (Å²) in [6.45, 7) is 1.92. The van der Waals surface area contributed by atoms with E-state index in [4.69, 9.17) is 11.6 Å². The molecule has 0 aromatic carbocycles. The Hall–Kier alpha value is -1.69. The number of hydrogen-bond donors (Lipinski definition) is 0. The van der Waals surface area contributed by atoms with Crippen molar-refractivity contribution in [1.82, 2.24) is 19.7 Å². The summed E-state index contributed by atoms with van der Waals surface area (Å²) in [6.07, 6.45) is 3.26. The fourth-order valence-corrected chi connectivity index (χ4v) is 2.25. The third-order valence-electron chi connectivity index (χ3n) is 3.03. The lowest BCUT2D eigenvalue weighted by atomic mass is 10.2. The minimum atomic E-state index is -0.347. The zero-order valence-electron chi connectivity index (χ0n) is 9.55. The van der Waals surface area contributed by atoms with Crippen LogP contribution in [0.15, 0.2) is 18.6 Å². The molecular weight excluding hydrogens is 257 g/mol. The molecular formula is C11H11ClFN5. The molecule has 0 bridgehead atoms. The number of rotatable bonds is 2. The number of nitrogens with zero attached hydrogens (tertiary/aromatic N) is 5. The molecule has 18 heavy (non-hydrogen) atoms. The third kappa shape index (κ3) is 1.82. The van der Waals surface area contributed by atoms with Gasteiger partial charge in [0.25, 0.3) is 0 Å². The predicted octanol–water partition coefficient (Wildman–Crippen LogP) is 1.57. The van der Waals surface area contributed by atoms with Crippen LogP contribution < -0.4 is 4.90 Å². The van der Waals surface area contributed by atoms with Gasteiger partial charge in [0.15, 0.2) is 17.5 Å². The van der Waals surface area contributed by atoms with Crippen LogP contribution in [0.25, 0.3) is 0 Å². The van der Waals surface area contributed by atoms with Crippen LogP contribution in [0.2, 0.25) is 0 Å². The molecule has 0 fully saturated rings. The van der Waals surface area contributed by atoms with Crippen LogP contribution in [0.5, 0.6) is 0 Å². The molecule has 5 nitrogen and oxygen atoms in total. The molecule has 0 N–H and O–H groups in total. The quantitative estimate of drug-likeness (QED) is 0.775. The average Bonchev–Trinajstić information content (AvgIpc) is 2.86. The van der Waals surface area contributed by atoms with Crippen LogP contribution in [0.1, 0.15) is 11.4 Å². The van der Waals surface area contributed by atoms with Crippen LogP contribution >= 0.6 is 11.6 Å². The Morgan fingerprint density at radius 2 is 2.28 bits per heavy atom. The van der Waals surface area contributed by atoms with Crippen LogP contribution in [-0.2, 0) is 19.0 Å². The van der Waals surface area contributed by atoms with Crippen molar-refractivity contribution in [2.75, 3.05) is 11.4 Å². The van der Waals surface area contributed by atoms with Crippen molar-refractivity contribution in [2.24, 2.45) is 0 Å². The Kier molecular flexibility index (Phi) is 2.87. The number of halogens is 2. The van der Waals surface area contributed by atoms with Gasteiger partial charge in [0, 0.05) is 24.8 Å². The molecule has 0 atom stereocenters. The van der Waals surface area contributed by atoms with Gasteiger partial charge in [-0.2, -0.15) is 0 Å². The van der Waals surface area contributed by atoms with Crippen molar-refractivity contribution in [3.8, 4) is 0 Å². The lowest BCUT2D eigenvalue weighted by Crippen LogP contribution is -2.34. The number of anilines is 1. The standard InChI is InChI=1S/C11H11ClFN5/c12-5-8-1-2-14-11(10(8)13)17-3-4-18-7-15-16-9(18)6-17/h1-2,7H,3-6H2. The second-order valence-electron chi connectivity index (χ2n) is 4.10. The molecule has 0 unspecified atom stereocenters. The molecule has 0 spiro atoms. The average molecular weight is 268 g/mol. The van der Waals surface area contributed by atoms with Gasteiger partial charge in [-0.3, -0.25) is 0 Å². The molecule has 2 aromatic heterocycles. The fourth-order valence-electron chi connectivity index (χ4n) is 2.04. The Morgan fingerprint density at radius 1 is 1.39 bits per heavy atom. The smallest absolute Gasteiger partial charge is 0.170 e. The molecule has 3 heterocycles. The minimum absolute atomic E-state index is 0.144. The first-order valence-corrected chi connectivity index (χ1v) is 6.14. The molecule has 0 saturated heterocycles. The van der Waals surface area contributed by atoms with E-state index in [-0.39, 0.29) is 11.7 Å². The summed E-state index contributed by atoms with van der Waals surface area (Å²) >= 11 is 5.69. The van der Waals surface area contributed by atoms with E-state index < -0.39 is 0 Å². The lowest BCUT2D eigenvalue weighted by Gasteiger charge is -2.28. The second-order valence-corrected chi connectivity index (χ2v) is 4.37. The highest BCUT2D eigenvalue weighted by molar-refractivity contribution is 6.17. The van der Waals surface area contributed by atoms with E-state index >= 15 is 0 Å². The van der Waals surface area contributed by atoms with E-state index in [0.717, 1.165) is 12.4 Å². The van der Waals surface area contributed by atoms with Crippen molar-refractivity contribution in [3.05, 3.63) is 35.8 Å². The maximum absolute atomic E-state index is 14.1. The van der Waals surface area contributed by atoms with Gasteiger partial charge in [-0.05, 0) is 6.07 Å². The minimum Gasteiger partial charge on any atom is -0.345 e. The van der Waals surface area contributed by atoms with Gasteiger partial charge in [-0.1, -0.05) is 0 Å². The van der Waals surface area contributed by atoms with Gasteiger partial charge in [-0.25, -0.2) is 9.37 Å². The summed E-state index contributed by atoms with van der Waals surface area (Å²) < 4.78 is 16.1. The van der Waals surface area contributed by atoms with Gasteiger partial charge < -0.3 is 9.47 Å². The Bertz CT molecular complexity index is 570. The van der Waals surface area contributed by atoms with E-state index in [1.807, 2.05) is 9.47 Å². The third-order valence-corrected chi connectivity index (χ3v) is 3.32. The summed E-state index contributed by atoms with van der Waals surface area (Å²) in [4.78, 5) is 5.96. The van der Waals surface area contributed by atoms with Crippen LogP contribution in [0, 0.1) is 5.82 Å². The molecule has 3 rings (SSSR count). The maximum atomic E-state index is 14.1. The number of alkyl halides is 1. The summed E-state index contributed by atoms with van der Waals surface area (Å²) in [5.74, 6) is 0.951. The van der Waals surface area contributed by atoms with Crippen molar-refractivity contribution in [1.29, 1.82) is 0 Å². The van der Waals surface area contributed by atoms with E-state index in [0.29, 0.717) is 24.5 Å². The van der Waals surface area contributed by atoms with E-state index in [1.54, 1.807) is 18.6 Å². The highest BCUT2D eigenvalue weighted by Gasteiger charge is 2.22. The fraction of sp³-hybridized carbons (Fsp3) is 0.364. The zero-order valence-corrected chi connectivity index (χ0v) is 10.3. The molecule has 0 radical (unpaired) electrons. The summed E-state index contributed by atoms with van der Waals surface area (Å²) in [7, 11) is 0. The number of fused-ring (bicyclic) bond motifs is 1. The molecule has 94 valence electrons. The summed E-state index contributed by atoms with van der Waals surface area (Å²) in [6, 6.07) is 1.60. The monoisotopic (exact) mass is 267 g/mol. The van der Waals surface area contributed by atoms with Gasteiger partial charge in [-0.15, -0.1) is 21.8 Å². The van der Waals surface area contributed by atoms with Crippen molar-refractivity contribution >= 4 is 17.4 Å². The van der Waals surface area contributed by atoms with Crippen LogP contribution in [-0.4, -0.2) is 26.3 Å². The predicted molar refractivity (Wildman–Crippen MR) is 64.8 cm³/mol. The maximum Gasteiger partial charge on any atom is 0.170 e. The Labute approximate surface area is 108 Å². The number of aromatic nitrogens is 4. The Balaban J connectivity index is 1.93. The lowest BCUT2D eigenvalue weighted by molar-refractivity contribution is 0.535. The number of hydrogen-bond acceptors (Lipinski definition) is 4. The van der Waals surface area contributed by atoms with Gasteiger partial charge in [0.1, 0.15) is 6.33 Å². The molecule has 7 heteroatoms. The van der Waals surface area contributed by atoms with Gasteiger partial charge in [0.2, 0.25) is 0 Å². The first-order valence-electron chi connectivity index (χ1n) is 5.60. The van der Waals surface area contributed by atoms with Crippen molar-refractivity contribution in [3.63, 3.8) is 0 Å². The molecule has 0 aliphatic carbocycles. The molecule has 2 aromatic rings. The first kappa shape index (κ1) is 11.4. The normalized spacial score (nSPS) is 14.7. The summed E-state index contributed by atoms with van der Waals surface area (Å²) in [5.41, 5.74) is 0.466. The van der Waals surface area contributed by atoms with E-state index in [1.165, 1.54) is 0 Å². The summed E-state index contributed by atoms with van der Waals surface area (Å²) in [5, 5.41) is 7.84. The highest BCUT2D eigenvalue weighted by atomic mass is 35.5. The largest absolute Gasteiger partial charge is 0.345 e. The molecule has 0 saturated carbocycles.